The molecule has 0 aromatic heterocycles. The summed E-state index contributed by atoms with van der Waals surface area (Å²) in [6.45, 7) is 1.48. The quantitative estimate of drug-likeness (QED) is 0.650. The molecular formula is C6H13ClF3NO2. The highest BCUT2D eigenvalue weighted by Gasteiger charge is 2.44. The number of hydrogen-bond acceptors (Lipinski definition) is 3. The van der Waals surface area contributed by atoms with Gasteiger partial charge in [-0.3, -0.25) is 0 Å². The van der Waals surface area contributed by atoms with Crippen LogP contribution in [-0.2, 0) is 0 Å². The van der Waals surface area contributed by atoms with Crippen molar-refractivity contribution >= 4 is 12.4 Å². The van der Waals surface area contributed by atoms with E-state index in [1.165, 1.54) is 6.92 Å². The molecule has 82 valence electrons. The van der Waals surface area contributed by atoms with E-state index in [0.29, 0.717) is 0 Å². The van der Waals surface area contributed by atoms with Gasteiger partial charge in [0, 0.05) is 0 Å². The van der Waals surface area contributed by atoms with Crippen molar-refractivity contribution in [3.63, 3.8) is 0 Å². The van der Waals surface area contributed by atoms with E-state index in [-0.39, 0.29) is 18.8 Å². The van der Waals surface area contributed by atoms with E-state index in [1.54, 1.807) is 0 Å². The molecule has 0 aliphatic heterocycles. The van der Waals surface area contributed by atoms with E-state index in [4.69, 9.17) is 15.9 Å². The van der Waals surface area contributed by atoms with Crippen LogP contribution in [0.15, 0.2) is 0 Å². The summed E-state index contributed by atoms with van der Waals surface area (Å²) in [5, 5.41) is 17.4. The normalized spacial score (nSPS) is 18.7. The van der Waals surface area contributed by atoms with E-state index in [2.05, 4.69) is 0 Å². The monoisotopic (exact) mass is 223 g/mol. The smallest absolute Gasteiger partial charge is 0.391 e. The summed E-state index contributed by atoms with van der Waals surface area (Å²) in [4.78, 5) is 0. The highest BCUT2D eigenvalue weighted by Crippen LogP contribution is 2.23. The average molecular weight is 224 g/mol. The van der Waals surface area contributed by atoms with Gasteiger partial charge >= 0.3 is 6.18 Å². The summed E-state index contributed by atoms with van der Waals surface area (Å²) in [6.07, 6.45) is -8.68. The lowest BCUT2D eigenvalue weighted by Crippen LogP contribution is -2.51. The second-order valence-corrected chi connectivity index (χ2v) is 2.54. The Morgan fingerprint density at radius 1 is 1.31 bits per heavy atom. The fraction of sp³-hybridized carbons (Fsp3) is 1.00. The number of hydrogen-bond donors (Lipinski definition) is 3. The molecule has 0 amide bonds. The summed E-state index contributed by atoms with van der Waals surface area (Å²) < 4.78 is 35.3. The van der Waals surface area contributed by atoms with Crippen LogP contribution in [0.1, 0.15) is 13.3 Å². The van der Waals surface area contributed by atoms with Crippen LogP contribution in [0.2, 0.25) is 0 Å². The van der Waals surface area contributed by atoms with Crippen molar-refractivity contribution in [1.29, 1.82) is 0 Å². The van der Waals surface area contributed by atoms with E-state index in [1.807, 2.05) is 0 Å². The summed E-state index contributed by atoms with van der Waals surface area (Å²) in [5.74, 6) is 0. The van der Waals surface area contributed by atoms with Crippen molar-refractivity contribution in [2.45, 2.75) is 37.8 Å². The van der Waals surface area contributed by atoms with Crippen LogP contribution >= 0.6 is 12.4 Å². The van der Waals surface area contributed by atoms with Crippen LogP contribution in [0.5, 0.6) is 0 Å². The van der Waals surface area contributed by atoms with Crippen molar-refractivity contribution in [3.8, 4) is 0 Å². The standard InChI is InChI=1S/C6H12F3NO2.ClH/c1-2-3(11)4(10)5(12)6(7,8)9;/h3-5,11-12H,2,10H2,1H3;1H. The molecule has 0 fully saturated rings. The van der Waals surface area contributed by atoms with Gasteiger partial charge in [0.25, 0.3) is 0 Å². The van der Waals surface area contributed by atoms with Crippen molar-refractivity contribution in [2.75, 3.05) is 0 Å². The van der Waals surface area contributed by atoms with Gasteiger partial charge in [-0.2, -0.15) is 13.2 Å². The third-order valence-electron chi connectivity index (χ3n) is 1.56. The van der Waals surface area contributed by atoms with E-state index in [0.717, 1.165) is 0 Å². The van der Waals surface area contributed by atoms with Crippen LogP contribution in [0.25, 0.3) is 0 Å². The first-order valence-electron chi connectivity index (χ1n) is 3.49. The Hall–Kier alpha value is -0.0400. The first-order chi connectivity index (χ1) is 5.30. The molecular weight excluding hydrogens is 211 g/mol. The Kier molecular flexibility index (Phi) is 6.70. The molecule has 7 heteroatoms. The molecule has 3 unspecified atom stereocenters. The minimum Gasteiger partial charge on any atom is -0.391 e. The summed E-state index contributed by atoms with van der Waals surface area (Å²) in [6, 6.07) is -1.67. The van der Waals surface area contributed by atoms with Gasteiger partial charge in [0.05, 0.1) is 12.1 Å². The zero-order valence-electron chi connectivity index (χ0n) is 6.95. The molecule has 0 rings (SSSR count). The first-order valence-corrected chi connectivity index (χ1v) is 3.49. The van der Waals surface area contributed by atoms with Crippen molar-refractivity contribution in [1.82, 2.24) is 0 Å². The molecule has 0 aromatic rings. The molecule has 3 nitrogen and oxygen atoms in total. The Morgan fingerprint density at radius 3 is 1.92 bits per heavy atom. The molecule has 0 aromatic carbocycles. The minimum atomic E-state index is -4.77. The van der Waals surface area contributed by atoms with Gasteiger partial charge in [-0.25, -0.2) is 0 Å². The maximum atomic E-state index is 11.8. The Balaban J connectivity index is 0. The second-order valence-electron chi connectivity index (χ2n) is 2.54. The number of alkyl halides is 3. The Bertz CT molecular complexity index is 144. The molecule has 4 N–H and O–H groups in total. The van der Waals surface area contributed by atoms with Gasteiger partial charge in [0.1, 0.15) is 0 Å². The largest absolute Gasteiger partial charge is 0.415 e. The molecule has 0 bridgehead atoms. The van der Waals surface area contributed by atoms with Gasteiger partial charge in [0.15, 0.2) is 6.10 Å². The summed E-state index contributed by atoms with van der Waals surface area (Å²) in [7, 11) is 0. The molecule has 0 radical (unpaired) electrons. The topological polar surface area (TPSA) is 66.5 Å². The molecule has 3 atom stereocenters. The number of aliphatic hydroxyl groups excluding tert-OH is 2. The lowest BCUT2D eigenvalue weighted by molar-refractivity contribution is -0.216. The molecule has 0 heterocycles. The fourth-order valence-corrected chi connectivity index (χ4v) is 0.701. The lowest BCUT2D eigenvalue weighted by Gasteiger charge is -2.24. The van der Waals surface area contributed by atoms with Crippen LogP contribution in [0.4, 0.5) is 13.2 Å². The van der Waals surface area contributed by atoms with Crippen LogP contribution in [0, 0.1) is 0 Å². The predicted molar refractivity (Wildman–Crippen MR) is 43.6 cm³/mol. The number of nitrogens with two attached hydrogens (primary N) is 1. The van der Waals surface area contributed by atoms with Crippen LogP contribution in [-0.4, -0.2) is 34.6 Å². The molecule has 13 heavy (non-hydrogen) atoms. The fourth-order valence-electron chi connectivity index (χ4n) is 0.701. The highest BCUT2D eigenvalue weighted by molar-refractivity contribution is 5.85. The third-order valence-corrected chi connectivity index (χ3v) is 1.56. The average Bonchev–Trinajstić information content (AvgIpc) is 1.98. The first kappa shape index (κ1) is 15.4. The molecule has 0 spiro atoms. The van der Waals surface area contributed by atoms with Crippen molar-refractivity contribution < 1.29 is 23.4 Å². The van der Waals surface area contributed by atoms with Gasteiger partial charge in [-0.15, -0.1) is 12.4 Å². The molecule has 0 aliphatic carbocycles. The maximum absolute atomic E-state index is 11.8. The Morgan fingerprint density at radius 2 is 1.69 bits per heavy atom. The zero-order valence-corrected chi connectivity index (χ0v) is 7.77. The van der Waals surface area contributed by atoms with E-state index in [9.17, 15) is 13.2 Å². The van der Waals surface area contributed by atoms with Gasteiger partial charge in [-0.05, 0) is 6.42 Å². The van der Waals surface area contributed by atoms with E-state index < -0.39 is 24.4 Å². The van der Waals surface area contributed by atoms with Crippen molar-refractivity contribution in [2.24, 2.45) is 5.73 Å². The molecule has 0 aliphatic rings. The number of halogens is 4. The molecule has 0 saturated heterocycles. The van der Waals surface area contributed by atoms with Crippen LogP contribution in [0.3, 0.4) is 0 Å². The van der Waals surface area contributed by atoms with E-state index >= 15 is 0 Å². The minimum absolute atomic E-state index is 0. The number of rotatable bonds is 3. The highest BCUT2D eigenvalue weighted by atomic mass is 35.5. The number of aliphatic hydroxyl groups is 2. The zero-order chi connectivity index (χ0) is 9.94. The SMILES string of the molecule is CCC(O)C(N)C(O)C(F)(F)F.Cl. The van der Waals surface area contributed by atoms with Gasteiger partial charge in [0.2, 0.25) is 0 Å². The van der Waals surface area contributed by atoms with Gasteiger partial charge in [-0.1, -0.05) is 6.92 Å². The maximum Gasteiger partial charge on any atom is 0.415 e. The van der Waals surface area contributed by atoms with Crippen molar-refractivity contribution in [3.05, 3.63) is 0 Å². The third kappa shape index (κ3) is 4.66. The summed E-state index contributed by atoms with van der Waals surface area (Å²) >= 11 is 0. The predicted octanol–water partition coefficient (Wildman–Crippen LogP) is 0.430. The van der Waals surface area contributed by atoms with Gasteiger partial charge < -0.3 is 15.9 Å². The lowest BCUT2D eigenvalue weighted by atomic mass is 10.0. The Labute approximate surface area is 80.1 Å². The molecule has 0 saturated carbocycles. The summed E-state index contributed by atoms with van der Waals surface area (Å²) in [5.41, 5.74) is 4.94. The van der Waals surface area contributed by atoms with Crippen LogP contribution < -0.4 is 5.73 Å². The second kappa shape index (κ2) is 5.64.